The monoisotopic (exact) mass is 474 g/mol. The highest BCUT2D eigenvalue weighted by atomic mass is 35.5. The van der Waals surface area contributed by atoms with E-state index in [0.29, 0.717) is 11.1 Å². The molecule has 2 aromatic heterocycles. The standard InChI is InChI=1S/C17H25ClN4.C7H6O4/c1-4-22(5-2)10-6-7-13(3)21-15-8-9-19-16-11-14(18)12-20-17(15)16;8-4-1-2-5(7(10)11)6(9)3-4/h8-9,11-13H,4-7,10H2,1-3H3,(H,19,21);1-3,8-9H,(H,10,11). The quantitative estimate of drug-likeness (QED) is 0.342. The van der Waals surface area contributed by atoms with Gasteiger partial charge in [0.1, 0.15) is 22.6 Å². The molecule has 1 aromatic carbocycles. The minimum atomic E-state index is -1.22. The molecule has 3 rings (SSSR count). The third-order valence-electron chi connectivity index (χ3n) is 5.16. The van der Waals surface area contributed by atoms with E-state index in [2.05, 4.69) is 41.0 Å². The Balaban J connectivity index is 0.000000294. The molecule has 0 fully saturated rings. The molecule has 1 atom stereocenters. The summed E-state index contributed by atoms with van der Waals surface area (Å²) in [5.74, 6) is -1.81. The zero-order valence-corrected chi connectivity index (χ0v) is 19.9. The minimum Gasteiger partial charge on any atom is -0.508 e. The number of halogens is 1. The summed E-state index contributed by atoms with van der Waals surface area (Å²) in [7, 11) is 0. The Hall–Kier alpha value is -3.10. The maximum absolute atomic E-state index is 10.3. The summed E-state index contributed by atoms with van der Waals surface area (Å²) in [4.78, 5) is 21.5. The Morgan fingerprint density at radius 3 is 2.52 bits per heavy atom. The van der Waals surface area contributed by atoms with Gasteiger partial charge in [0.2, 0.25) is 0 Å². The number of rotatable bonds is 9. The molecule has 33 heavy (non-hydrogen) atoms. The third kappa shape index (κ3) is 8.07. The van der Waals surface area contributed by atoms with Gasteiger partial charge in [-0.15, -0.1) is 0 Å². The van der Waals surface area contributed by atoms with Crippen LogP contribution in [0.25, 0.3) is 11.0 Å². The molecule has 178 valence electrons. The number of phenols is 2. The topological polar surface area (TPSA) is 119 Å². The van der Waals surface area contributed by atoms with Gasteiger partial charge in [0.05, 0.1) is 16.2 Å². The summed E-state index contributed by atoms with van der Waals surface area (Å²) < 4.78 is 0. The van der Waals surface area contributed by atoms with Crippen LogP contribution in [0.3, 0.4) is 0 Å². The fourth-order valence-corrected chi connectivity index (χ4v) is 3.47. The van der Waals surface area contributed by atoms with E-state index >= 15 is 0 Å². The lowest BCUT2D eigenvalue weighted by Crippen LogP contribution is -2.25. The number of benzene rings is 1. The molecule has 0 aliphatic carbocycles. The maximum atomic E-state index is 10.3. The van der Waals surface area contributed by atoms with Crippen LogP contribution in [-0.2, 0) is 0 Å². The number of hydrogen-bond acceptors (Lipinski definition) is 7. The van der Waals surface area contributed by atoms with Crippen LogP contribution < -0.4 is 5.32 Å². The smallest absolute Gasteiger partial charge is 0.339 e. The van der Waals surface area contributed by atoms with Gasteiger partial charge in [0.15, 0.2) is 0 Å². The average Bonchev–Trinajstić information content (AvgIpc) is 2.77. The second-order valence-electron chi connectivity index (χ2n) is 7.60. The largest absolute Gasteiger partial charge is 0.508 e. The van der Waals surface area contributed by atoms with Gasteiger partial charge in [0, 0.05) is 24.5 Å². The number of phenolic OH excluding ortho intramolecular Hbond substituents is 1. The van der Waals surface area contributed by atoms with E-state index in [-0.39, 0.29) is 11.3 Å². The first-order valence-electron chi connectivity index (χ1n) is 10.9. The van der Waals surface area contributed by atoms with E-state index in [4.69, 9.17) is 26.9 Å². The van der Waals surface area contributed by atoms with Crippen LogP contribution >= 0.6 is 11.6 Å². The normalized spacial score (nSPS) is 11.7. The van der Waals surface area contributed by atoms with Gasteiger partial charge in [-0.05, 0) is 63.7 Å². The number of aromatic hydroxyl groups is 2. The number of pyridine rings is 2. The number of carboxylic acids is 1. The Morgan fingerprint density at radius 2 is 1.88 bits per heavy atom. The van der Waals surface area contributed by atoms with Crippen LogP contribution in [0.2, 0.25) is 5.02 Å². The van der Waals surface area contributed by atoms with Crippen LogP contribution in [-0.4, -0.2) is 61.8 Å². The van der Waals surface area contributed by atoms with E-state index in [1.807, 2.05) is 12.1 Å². The minimum absolute atomic E-state index is 0.160. The maximum Gasteiger partial charge on any atom is 0.339 e. The highest BCUT2D eigenvalue weighted by Gasteiger charge is 2.09. The fourth-order valence-electron chi connectivity index (χ4n) is 3.32. The second-order valence-corrected chi connectivity index (χ2v) is 8.04. The second kappa shape index (κ2) is 12.8. The molecule has 9 heteroatoms. The van der Waals surface area contributed by atoms with Crippen molar-refractivity contribution >= 4 is 34.3 Å². The number of hydrogen-bond donors (Lipinski definition) is 4. The molecule has 0 amide bonds. The molecule has 0 radical (unpaired) electrons. The molecule has 0 saturated heterocycles. The van der Waals surface area contributed by atoms with Crippen molar-refractivity contribution in [1.29, 1.82) is 0 Å². The lowest BCUT2D eigenvalue weighted by Gasteiger charge is -2.20. The number of aromatic nitrogens is 2. The number of aromatic carboxylic acids is 1. The van der Waals surface area contributed by atoms with Gasteiger partial charge in [-0.1, -0.05) is 25.4 Å². The number of carbonyl (C=O) groups is 1. The zero-order valence-electron chi connectivity index (χ0n) is 19.1. The molecule has 0 spiro atoms. The highest BCUT2D eigenvalue weighted by Crippen LogP contribution is 2.23. The molecule has 3 aromatic rings. The van der Waals surface area contributed by atoms with Crippen LogP contribution in [0.1, 0.15) is 44.0 Å². The number of fused-ring (bicyclic) bond motifs is 1. The van der Waals surface area contributed by atoms with Crippen molar-refractivity contribution in [2.24, 2.45) is 0 Å². The summed E-state index contributed by atoms with van der Waals surface area (Å²) in [5, 5.41) is 30.3. The highest BCUT2D eigenvalue weighted by molar-refractivity contribution is 6.31. The van der Waals surface area contributed by atoms with E-state index in [1.165, 1.54) is 12.5 Å². The Kier molecular flexibility index (Phi) is 10.2. The van der Waals surface area contributed by atoms with E-state index in [0.717, 1.165) is 54.9 Å². The van der Waals surface area contributed by atoms with Gasteiger partial charge >= 0.3 is 5.97 Å². The fraction of sp³-hybridized carbons (Fsp3) is 0.375. The van der Waals surface area contributed by atoms with E-state index < -0.39 is 11.7 Å². The Labute approximate surface area is 198 Å². The molecule has 0 bridgehead atoms. The Morgan fingerprint density at radius 1 is 1.15 bits per heavy atom. The average molecular weight is 475 g/mol. The molecular formula is C24H31ClN4O4. The van der Waals surface area contributed by atoms with Gasteiger partial charge in [-0.25, -0.2) is 4.79 Å². The summed E-state index contributed by atoms with van der Waals surface area (Å²) in [6.45, 7) is 10.0. The predicted molar refractivity (Wildman–Crippen MR) is 131 cm³/mol. The van der Waals surface area contributed by atoms with Crippen molar-refractivity contribution in [3.05, 3.63) is 53.3 Å². The third-order valence-corrected chi connectivity index (χ3v) is 5.37. The molecule has 0 saturated carbocycles. The molecule has 1 unspecified atom stereocenters. The van der Waals surface area contributed by atoms with Crippen molar-refractivity contribution in [2.45, 2.75) is 39.7 Å². The van der Waals surface area contributed by atoms with Crippen molar-refractivity contribution in [3.63, 3.8) is 0 Å². The van der Waals surface area contributed by atoms with E-state index in [9.17, 15) is 4.79 Å². The Bertz CT molecular complexity index is 1060. The van der Waals surface area contributed by atoms with Gasteiger partial charge in [0.25, 0.3) is 0 Å². The van der Waals surface area contributed by atoms with Gasteiger partial charge in [-0.3, -0.25) is 9.97 Å². The SMILES string of the molecule is CCN(CC)CCCC(C)Nc1ccnc2cc(Cl)cnc12.O=C(O)c1ccc(O)cc1O. The van der Waals surface area contributed by atoms with Crippen LogP contribution in [0.4, 0.5) is 5.69 Å². The number of anilines is 1. The molecule has 0 aliphatic heterocycles. The van der Waals surface area contributed by atoms with Crippen LogP contribution in [0, 0.1) is 0 Å². The first kappa shape index (κ1) is 26.2. The van der Waals surface area contributed by atoms with Gasteiger partial charge in [-0.2, -0.15) is 0 Å². The zero-order chi connectivity index (χ0) is 24.4. The van der Waals surface area contributed by atoms with Crippen LogP contribution in [0.15, 0.2) is 42.7 Å². The van der Waals surface area contributed by atoms with Crippen molar-refractivity contribution < 1.29 is 20.1 Å². The summed E-state index contributed by atoms with van der Waals surface area (Å²) in [5.41, 5.74) is 2.51. The first-order chi connectivity index (χ1) is 15.7. The lowest BCUT2D eigenvalue weighted by molar-refractivity contribution is 0.0693. The van der Waals surface area contributed by atoms with E-state index in [1.54, 1.807) is 12.4 Å². The summed E-state index contributed by atoms with van der Waals surface area (Å²) in [6, 6.07) is 7.53. The molecule has 0 aliphatic rings. The van der Waals surface area contributed by atoms with Gasteiger partial charge < -0.3 is 25.5 Å². The molecular weight excluding hydrogens is 444 g/mol. The van der Waals surface area contributed by atoms with Crippen molar-refractivity contribution in [2.75, 3.05) is 25.0 Å². The molecule has 2 heterocycles. The summed E-state index contributed by atoms with van der Waals surface area (Å²) >= 11 is 5.97. The summed E-state index contributed by atoms with van der Waals surface area (Å²) in [6.07, 6.45) is 5.79. The number of carboxylic acid groups (broad SMARTS) is 1. The molecule has 4 N–H and O–H groups in total. The van der Waals surface area contributed by atoms with Crippen molar-refractivity contribution in [1.82, 2.24) is 14.9 Å². The number of nitrogens with one attached hydrogen (secondary N) is 1. The van der Waals surface area contributed by atoms with Crippen molar-refractivity contribution in [3.8, 4) is 11.5 Å². The lowest BCUT2D eigenvalue weighted by atomic mass is 10.1. The van der Waals surface area contributed by atoms with Crippen LogP contribution in [0.5, 0.6) is 11.5 Å². The predicted octanol–water partition coefficient (Wildman–Crippen LogP) is 5.00. The first-order valence-corrected chi connectivity index (χ1v) is 11.3. The molecule has 8 nitrogen and oxygen atoms in total. The number of nitrogens with zero attached hydrogens (tertiary/aromatic N) is 3.